The standard InChI is InChI=1S/C11H18N4O2/c1-3-13-9(16)8-14-10(17-15-8)11(2)6-4-5-7(11)12/h7H,3-6,12H2,1-2H3,(H,13,16). The number of nitrogens with zero attached hydrogens (tertiary/aromatic N) is 2. The van der Waals surface area contributed by atoms with Gasteiger partial charge >= 0.3 is 0 Å². The van der Waals surface area contributed by atoms with E-state index < -0.39 is 0 Å². The van der Waals surface area contributed by atoms with Crippen LogP contribution in [-0.2, 0) is 5.41 Å². The molecule has 2 atom stereocenters. The molecule has 1 amide bonds. The Balaban J connectivity index is 2.21. The van der Waals surface area contributed by atoms with E-state index in [9.17, 15) is 4.79 Å². The van der Waals surface area contributed by atoms with Crippen LogP contribution >= 0.6 is 0 Å². The number of carbonyl (C=O) groups excluding carboxylic acids is 1. The van der Waals surface area contributed by atoms with Gasteiger partial charge in [0.2, 0.25) is 5.89 Å². The number of rotatable bonds is 3. The molecule has 1 aliphatic rings. The Morgan fingerprint density at radius 2 is 2.47 bits per heavy atom. The van der Waals surface area contributed by atoms with E-state index in [-0.39, 0.29) is 23.2 Å². The predicted octanol–water partition coefficient (Wildman–Crippen LogP) is 0.588. The summed E-state index contributed by atoms with van der Waals surface area (Å²) in [5.74, 6) is 0.253. The zero-order valence-electron chi connectivity index (χ0n) is 10.2. The van der Waals surface area contributed by atoms with Gasteiger partial charge in [-0.25, -0.2) is 0 Å². The predicted molar refractivity (Wildman–Crippen MR) is 61.5 cm³/mol. The summed E-state index contributed by atoms with van der Waals surface area (Å²) in [5, 5.41) is 6.34. The lowest BCUT2D eigenvalue weighted by Crippen LogP contribution is -2.38. The van der Waals surface area contributed by atoms with Gasteiger partial charge in [-0.15, -0.1) is 0 Å². The molecule has 2 rings (SSSR count). The smallest absolute Gasteiger partial charge is 0.292 e. The van der Waals surface area contributed by atoms with Gasteiger partial charge in [0.25, 0.3) is 11.7 Å². The van der Waals surface area contributed by atoms with Crippen LogP contribution in [0.3, 0.4) is 0 Å². The molecule has 1 aromatic heterocycles. The molecule has 94 valence electrons. The average Bonchev–Trinajstić information content (AvgIpc) is 2.88. The second-order valence-corrected chi connectivity index (χ2v) is 4.70. The van der Waals surface area contributed by atoms with Gasteiger partial charge in [0.15, 0.2) is 0 Å². The molecule has 2 unspecified atom stereocenters. The van der Waals surface area contributed by atoms with Crippen molar-refractivity contribution < 1.29 is 9.32 Å². The first-order valence-corrected chi connectivity index (χ1v) is 5.96. The molecular formula is C11H18N4O2. The maximum Gasteiger partial charge on any atom is 0.292 e. The van der Waals surface area contributed by atoms with Gasteiger partial charge in [-0.3, -0.25) is 4.79 Å². The van der Waals surface area contributed by atoms with Crippen LogP contribution < -0.4 is 11.1 Å². The minimum Gasteiger partial charge on any atom is -0.349 e. The zero-order valence-corrected chi connectivity index (χ0v) is 10.2. The lowest BCUT2D eigenvalue weighted by Gasteiger charge is -2.23. The van der Waals surface area contributed by atoms with E-state index in [1.165, 1.54) is 0 Å². The van der Waals surface area contributed by atoms with Crippen LogP contribution in [0.25, 0.3) is 0 Å². The minimum atomic E-state index is -0.308. The molecule has 17 heavy (non-hydrogen) atoms. The number of aromatic nitrogens is 2. The van der Waals surface area contributed by atoms with Crippen molar-refractivity contribution in [3.05, 3.63) is 11.7 Å². The maximum atomic E-state index is 11.5. The van der Waals surface area contributed by atoms with Crippen molar-refractivity contribution in [2.75, 3.05) is 6.54 Å². The fourth-order valence-electron chi connectivity index (χ4n) is 2.25. The van der Waals surface area contributed by atoms with E-state index in [0.29, 0.717) is 12.4 Å². The van der Waals surface area contributed by atoms with E-state index in [2.05, 4.69) is 15.5 Å². The summed E-state index contributed by atoms with van der Waals surface area (Å²) >= 11 is 0. The molecule has 1 heterocycles. The molecule has 3 N–H and O–H groups in total. The van der Waals surface area contributed by atoms with Crippen molar-refractivity contribution in [1.29, 1.82) is 0 Å². The Labute approximate surface area is 99.9 Å². The molecule has 0 bridgehead atoms. The lowest BCUT2D eigenvalue weighted by atomic mass is 9.85. The fraction of sp³-hybridized carbons (Fsp3) is 0.727. The van der Waals surface area contributed by atoms with Crippen molar-refractivity contribution >= 4 is 5.91 Å². The molecule has 1 aliphatic carbocycles. The average molecular weight is 238 g/mol. The van der Waals surface area contributed by atoms with E-state index in [1.807, 2.05) is 13.8 Å². The van der Waals surface area contributed by atoms with Crippen molar-refractivity contribution in [3.8, 4) is 0 Å². The van der Waals surface area contributed by atoms with E-state index in [0.717, 1.165) is 19.3 Å². The Kier molecular flexibility index (Phi) is 3.15. The summed E-state index contributed by atoms with van der Waals surface area (Å²) < 4.78 is 5.19. The highest BCUT2D eigenvalue weighted by Gasteiger charge is 2.43. The third-order valence-electron chi connectivity index (χ3n) is 3.48. The van der Waals surface area contributed by atoms with Gasteiger partial charge < -0.3 is 15.6 Å². The summed E-state index contributed by atoms with van der Waals surface area (Å²) in [6.07, 6.45) is 2.93. The normalized spacial score (nSPS) is 28.3. The van der Waals surface area contributed by atoms with Gasteiger partial charge in [-0.1, -0.05) is 11.6 Å². The molecule has 0 spiro atoms. The first-order chi connectivity index (χ1) is 8.08. The number of carbonyl (C=O) groups is 1. The SMILES string of the molecule is CCNC(=O)c1noc(C2(C)CCCC2N)n1. The fourth-order valence-corrected chi connectivity index (χ4v) is 2.25. The molecule has 6 nitrogen and oxygen atoms in total. The second kappa shape index (κ2) is 4.44. The van der Waals surface area contributed by atoms with Crippen LogP contribution in [0.2, 0.25) is 0 Å². The van der Waals surface area contributed by atoms with Crippen molar-refractivity contribution in [3.63, 3.8) is 0 Å². The summed E-state index contributed by atoms with van der Waals surface area (Å²) in [5.41, 5.74) is 5.77. The maximum absolute atomic E-state index is 11.5. The molecule has 0 aromatic carbocycles. The van der Waals surface area contributed by atoms with Gasteiger partial charge in [0.05, 0.1) is 5.41 Å². The van der Waals surface area contributed by atoms with Crippen LogP contribution in [0, 0.1) is 0 Å². The molecule has 1 fully saturated rings. The van der Waals surface area contributed by atoms with Crippen molar-refractivity contribution in [1.82, 2.24) is 15.5 Å². The molecular weight excluding hydrogens is 220 g/mol. The zero-order chi connectivity index (χ0) is 12.5. The van der Waals surface area contributed by atoms with Gasteiger partial charge in [0.1, 0.15) is 0 Å². The Bertz CT molecular complexity index is 417. The molecule has 1 saturated carbocycles. The van der Waals surface area contributed by atoms with Crippen molar-refractivity contribution in [2.24, 2.45) is 5.73 Å². The third kappa shape index (κ3) is 2.04. The third-order valence-corrected chi connectivity index (χ3v) is 3.48. The molecule has 1 aromatic rings. The Morgan fingerprint density at radius 1 is 1.71 bits per heavy atom. The topological polar surface area (TPSA) is 94.0 Å². The lowest BCUT2D eigenvalue weighted by molar-refractivity contribution is 0.0942. The van der Waals surface area contributed by atoms with Gasteiger partial charge in [-0.2, -0.15) is 4.98 Å². The minimum absolute atomic E-state index is 0.0186. The highest BCUT2D eigenvalue weighted by molar-refractivity contribution is 5.90. The highest BCUT2D eigenvalue weighted by atomic mass is 16.5. The first kappa shape index (κ1) is 12.0. The van der Waals surface area contributed by atoms with Crippen LogP contribution in [0.4, 0.5) is 0 Å². The first-order valence-electron chi connectivity index (χ1n) is 5.96. The van der Waals surface area contributed by atoms with E-state index >= 15 is 0 Å². The number of nitrogens with one attached hydrogen (secondary N) is 1. The molecule has 0 aliphatic heterocycles. The van der Waals surface area contributed by atoms with Crippen LogP contribution in [0.15, 0.2) is 4.52 Å². The van der Waals surface area contributed by atoms with Crippen LogP contribution in [0.1, 0.15) is 49.6 Å². The molecule has 0 radical (unpaired) electrons. The van der Waals surface area contributed by atoms with E-state index in [1.54, 1.807) is 0 Å². The quantitative estimate of drug-likeness (QED) is 0.803. The Hall–Kier alpha value is -1.43. The summed E-state index contributed by atoms with van der Waals surface area (Å²) in [6.45, 7) is 4.40. The largest absolute Gasteiger partial charge is 0.349 e. The number of amides is 1. The monoisotopic (exact) mass is 238 g/mol. The number of nitrogens with two attached hydrogens (primary N) is 1. The number of hydrogen-bond donors (Lipinski definition) is 2. The molecule has 0 saturated heterocycles. The van der Waals surface area contributed by atoms with E-state index in [4.69, 9.17) is 10.3 Å². The van der Waals surface area contributed by atoms with Gasteiger partial charge in [-0.05, 0) is 26.7 Å². The van der Waals surface area contributed by atoms with Gasteiger partial charge in [0, 0.05) is 12.6 Å². The summed E-state index contributed by atoms with van der Waals surface area (Å²) in [7, 11) is 0. The number of hydrogen-bond acceptors (Lipinski definition) is 5. The van der Waals surface area contributed by atoms with Crippen LogP contribution in [0.5, 0.6) is 0 Å². The Morgan fingerprint density at radius 3 is 3.06 bits per heavy atom. The highest BCUT2D eigenvalue weighted by Crippen LogP contribution is 2.38. The summed E-state index contributed by atoms with van der Waals surface area (Å²) in [4.78, 5) is 15.7. The van der Waals surface area contributed by atoms with Crippen LogP contribution in [-0.4, -0.2) is 28.6 Å². The van der Waals surface area contributed by atoms with Crippen molar-refractivity contribution in [2.45, 2.75) is 44.6 Å². The summed E-state index contributed by atoms with van der Waals surface area (Å²) in [6, 6.07) is 0.0186. The second-order valence-electron chi connectivity index (χ2n) is 4.70. The molecule has 6 heteroatoms.